The van der Waals surface area contributed by atoms with Gasteiger partial charge in [-0.3, -0.25) is 9.88 Å². The number of hydrazine groups is 2. The van der Waals surface area contributed by atoms with Gasteiger partial charge in [-0.1, -0.05) is 12.6 Å². The Hall–Kier alpha value is -3.69. The first kappa shape index (κ1) is 21.8. The minimum absolute atomic E-state index is 0.416. The molecule has 4 N–H and O–H groups in total. The molecule has 0 unspecified atom stereocenters. The zero-order valence-corrected chi connectivity index (χ0v) is 20.2. The molecule has 2 aromatic heterocycles. The lowest BCUT2D eigenvalue weighted by molar-refractivity contribution is 0.102. The predicted octanol–water partition coefficient (Wildman–Crippen LogP) is 4.02. The van der Waals surface area contributed by atoms with Gasteiger partial charge in [0.15, 0.2) is 0 Å². The van der Waals surface area contributed by atoms with Crippen molar-refractivity contribution in [2.75, 3.05) is 22.7 Å². The molecule has 180 valence electrons. The molecule has 3 aliphatic heterocycles. The molecule has 6 rings (SSSR count). The maximum Gasteiger partial charge on any atom is 0.227 e. The average molecular weight is 470 g/mol. The molecule has 9 nitrogen and oxygen atoms in total. The topological polar surface area (TPSA) is 93.3 Å². The van der Waals surface area contributed by atoms with E-state index in [9.17, 15) is 0 Å². The number of hydrogen-bond donors (Lipinski definition) is 4. The molecule has 0 spiro atoms. The highest BCUT2D eigenvalue weighted by molar-refractivity contribution is 5.77. The largest absolute Gasteiger partial charge is 0.369 e. The number of benzene rings is 1. The van der Waals surface area contributed by atoms with Crippen molar-refractivity contribution in [3.63, 3.8) is 0 Å². The summed E-state index contributed by atoms with van der Waals surface area (Å²) in [6.45, 7) is 11.5. The van der Waals surface area contributed by atoms with E-state index in [0.29, 0.717) is 18.0 Å². The Labute approximate surface area is 205 Å². The fraction of sp³-hybridized carbons (Fsp3) is 0.346. The van der Waals surface area contributed by atoms with E-state index in [0.717, 1.165) is 72.2 Å². The molecule has 5 heterocycles. The van der Waals surface area contributed by atoms with E-state index in [4.69, 9.17) is 4.98 Å². The molecular weight excluding hydrogens is 438 g/mol. The SMILES string of the molecule is C=C(c1ccc2c(c1)NNN2)N1CC[C@@H](N2Cc3cnc(Nc4ccc(C)nc4)nc3C2)C[C@H]1C. The Morgan fingerprint density at radius 1 is 1.09 bits per heavy atom. The number of likely N-dealkylation sites (tertiary alicyclic amines) is 1. The number of aromatic nitrogens is 3. The third-order valence-corrected chi connectivity index (χ3v) is 7.31. The average Bonchev–Trinajstić information content (AvgIpc) is 3.51. The van der Waals surface area contributed by atoms with Crippen LogP contribution < -0.4 is 21.7 Å². The van der Waals surface area contributed by atoms with Crippen LogP contribution in [0.25, 0.3) is 5.70 Å². The Morgan fingerprint density at radius 3 is 2.80 bits per heavy atom. The number of pyridine rings is 1. The summed E-state index contributed by atoms with van der Waals surface area (Å²) in [5.74, 6) is 0.630. The van der Waals surface area contributed by atoms with Crippen LogP contribution in [-0.4, -0.2) is 43.4 Å². The number of nitrogens with one attached hydrogen (secondary N) is 4. The first-order valence-electron chi connectivity index (χ1n) is 12.2. The molecule has 1 fully saturated rings. The highest BCUT2D eigenvalue weighted by Gasteiger charge is 2.33. The van der Waals surface area contributed by atoms with Crippen molar-refractivity contribution < 1.29 is 0 Å². The number of anilines is 4. The molecule has 9 heteroatoms. The Balaban J connectivity index is 1.09. The number of fused-ring (bicyclic) bond motifs is 2. The first-order chi connectivity index (χ1) is 17.0. The van der Waals surface area contributed by atoms with Gasteiger partial charge in [-0.25, -0.2) is 9.97 Å². The Morgan fingerprint density at radius 2 is 1.97 bits per heavy atom. The van der Waals surface area contributed by atoms with Crippen LogP contribution in [0, 0.1) is 6.92 Å². The monoisotopic (exact) mass is 469 g/mol. The van der Waals surface area contributed by atoms with Crippen LogP contribution in [0.3, 0.4) is 0 Å². The van der Waals surface area contributed by atoms with Crippen molar-refractivity contribution in [3.8, 4) is 0 Å². The van der Waals surface area contributed by atoms with Crippen LogP contribution in [0.2, 0.25) is 0 Å². The summed E-state index contributed by atoms with van der Waals surface area (Å²) in [5.41, 5.74) is 17.7. The van der Waals surface area contributed by atoms with Gasteiger partial charge in [-0.2, -0.15) is 0 Å². The van der Waals surface area contributed by atoms with Gasteiger partial charge < -0.3 is 21.1 Å². The van der Waals surface area contributed by atoms with Gasteiger partial charge in [0.2, 0.25) is 5.95 Å². The lowest BCUT2D eigenvalue weighted by Crippen LogP contribution is -2.46. The van der Waals surface area contributed by atoms with Crippen molar-refractivity contribution >= 4 is 28.7 Å². The fourth-order valence-corrected chi connectivity index (χ4v) is 5.32. The van der Waals surface area contributed by atoms with Crippen molar-refractivity contribution in [1.82, 2.24) is 30.3 Å². The molecule has 3 aliphatic rings. The van der Waals surface area contributed by atoms with Gasteiger partial charge in [-0.15, -0.1) is 5.53 Å². The van der Waals surface area contributed by atoms with Crippen LogP contribution in [-0.2, 0) is 13.1 Å². The number of nitrogens with zero attached hydrogens (tertiary/aromatic N) is 5. The standard InChI is InChI=1S/C26H31N9/c1-16-4-6-21(13-27-16)29-26-28-12-20-14-34(15-25(20)30-26)22-8-9-35(17(2)10-22)18(3)19-5-7-23-24(11-19)32-33-31-23/h4-7,11-13,17,22,31-33H,3,8-10,14-15H2,1-2H3,(H,28,29,30)/t17-,22-/m1/s1. The van der Waals surface area contributed by atoms with Crippen LogP contribution in [0.1, 0.15) is 42.3 Å². The van der Waals surface area contributed by atoms with Crippen molar-refractivity contribution in [2.24, 2.45) is 0 Å². The zero-order valence-electron chi connectivity index (χ0n) is 20.2. The maximum atomic E-state index is 4.81. The summed E-state index contributed by atoms with van der Waals surface area (Å²) in [7, 11) is 0. The Bertz CT molecular complexity index is 1260. The molecule has 0 radical (unpaired) electrons. The third kappa shape index (κ3) is 4.28. The normalized spacial score (nSPS) is 21.1. The van der Waals surface area contributed by atoms with Crippen LogP contribution in [0.4, 0.5) is 23.0 Å². The summed E-state index contributed by atoms with van der Waals surface area (Å²) in [5, 5.41) is 3.28. The van der Waals surface area contributed by atoms with Crippen molar-refractivity contribution in [2.45, 2.75) is 51.9 Å². The molecule has 0 saturated carbocycles. The van der Waals surface area contributed by atoms with Gasteiger partial charge in [0.05, 0.1) is 29.0 Å². The van der Waals surface area contributed by atoms with Crippen molar-refractivity contribution in [1.29, 1.82) is 0 Å². The molecule has 1 aromatic carbocycles. The summed E-state index contributed by atoms with van der Waals surface area (Å²) in [4.78, 5) is 18.7. The maximum absolute atomic E-state index is 4.81. The molecule has 0 amide bonds. The second-order valence-electron chi connectivity index (χ2n) is 9.69. The Kier molecular flexibility index (Phi) is 5.50. The molecule has 3 aromatic rings. The first-order valence-corrected chi connectivity index (χ1v) is 12.2. The summed E-state index contributed by atoms with van der Waals surface area (Å²) >= 11 is 0. The highest BCUT2D eigenvalue weighted by Crippen LogP contribution is 2.35. The number of aryl methyl sites for hydroxylation is 1. The van der Waals surface area contributed by atoms with E-state index >= 15 is 0 Å². The van der Waals surface area contributed by atoms with Gasteiger partial charge in [0.1, 0.15) is 0 Å². The van der Waals surface area contributed by atoms with E-state index in [1.807, 2.05) is 31.5 Å². The quantitative estimate of drug-likeness (QED) is 0.442. The third-order valence-electron chi connectivity index (χ3n) is 7.31. The second-order valence-corrected chi connectivity index (χ2v) is 9.69. The molecule has 35 heavy (non-hydrogen) atoms. The smallest absolute Gasteiger partial charge is 0.227 e. The minimum Gasteiger partial charge on any atom is -0.369 e. The minimum atomic E-state index is 0.416. The molecular formula is C26H31N9. The van der Waals surface area contributed by atoms with Gasteiger partial charge in [0, 0.05) is 54.9 Å². The number of piperidine rings is 1. The molecule has 0 bridgehead atoms. The van der Waals surface area contributed by atoms with E-state index in [-0.39, 0.29) is 0 Å². The zero-order chi connectivity index (χ0) is 23.9. The molecule has 2 atom stereocenters. The van der Waals surface area contributed by atoms with E-state index < -0.39 is 0 Å². The molecule has 1 saturated heterocycles. The van der Waals surface area contributed by atoms with Gasteiger partial charge in [-0.05, 0) is 56.5 Å². The number of rotatable bonds is 5. The van der Waals surface area contributed by atoms with Gasteiger partial charge in [0.25, 0.3) is 0 Å². The fourth-order valence-electron chi connectivity index (χ4n) is 5.32. The highest BCUT2D eigenvalue weighted by atomic mass is 15.6. The lowest BCUT2D eigenvalue weighted by atomic mass is 9.95. The van der Waals surface area contributed by atoms with E-state index in [1.165, 1.54) is 5.56 Å². The predicted molar refractivity (Wildman–Crippen MR) is 139 cm³/mol. The van der Waals surface area contributed by atoms with E-state index in [2.05, 4.69) is 73.2 Å². The van der Waals surface area contributed by atoms with E-state index in [1.54, 1.807) is 0 Å². The second kappa shape index (κ2) is 8.83. The van der Waals surface area contributed by atoms with Gasteiger partial charge >= 0.3 is 0 Å². The lowest BCUT2D eigenvalue weighted by Gasteiger charge is -2.43. The van der Waals surface area contributed by atoms with Crippen LogP contribution in [0.15, 0.2) is 49.3 Å². The van der Waals surface area contributed by atoms with Crippen LogP contribution >= 0.6 is 0 Å². The molecule has 0 aliphatic carbocycles. The number of hydrogen-bond acceptors (Lipinski definition) is 9. The summed E-state index contributed by atoms with van der Waals surface area (Å²) in [6.07, 6.45) is 6.00. The van der Waals surface area contributed by atoms with Crippen molar-refractivity contribution in [3.05, 3.63) is 71.8 Å². The summed E-state index contributed by atoms with van der Waals surface area (Å²) < 4.78 is 0. The summed E-state index contributed by atoms with van der Waals surface area (Å²) in [6, 6.07) is 11.3. The van der Waals surface area contributed by atoms with Crippen LogP contribution in [0.5, 0.6) is 0 Å².